The predicted octanol–water partition coefficient (Wildman–Crippen LogP) is 2.84. The lowest BCUT2D eigenvalue weighted by Crippen LogP contribution is -1.88. The number of ether oxygens (including phenoxy) is 1. The van der Waals surface area contributed by atoms with E-state index in [-0.39, 0.29) is 0 Å². The van der Waals surface area contributed by atoms with Crippen LogP contribution >= 0.6 is 0 Å². The van der Waals surface area contributed by atoms with Crippen LogP contribution in [0, 0.1) is 0 Å². The zero-order valence-corrected chi connectivity index (χ0v) is 10.0. The highest BCUT2D eigenvalue weighted by molar-refractivity contribution is 7.88. The zero-order chi connectivity index (χ0) is 13.1. The van der Waals surface area contributed by atoms with Gasteiger partial charge in [0.05, 0.1) is 17.9 Å². The standard InChI is InChI=1S/C8H8O3S.C4H6O/c9-12(10,11)7-6-8-4-2-1-3-5-8;1-3-5-4-2/h1-7H,(H,9,10,11);3-4H,1-2H2. The van der Waals surface area contributed by atoms with Gasteiger partial charge in [0.15, 0.2) is 0 Å². The summed E-state index contributed by atoms with van der Waals surface area (Å²) in [5.41, 5.74) is 0.732. The average Bonchev–Trinajstić information content (AvgIpc) is 2.29. The highest BCUT2D eigenvalue weighted by atomic mass is 32.2. The molecular formula is C12H14O4S. The molecule has 0 atom stereocenters. The minimum Gasteiger partial charge on any atom is -0.474 e. The molecule has 0 aliphatic carbocycles. The molecule has 4 nitrogen and oxygen atoms in total. The predicted molar refractivity (Wildman–Crippen MR) is 68.5 cm³/mol. The molecule has 1 aromatic rings. The first-order chi connectivity index (χ1) is 7.99. The summed E-state index contributed by atoms with van der Waals surface area (Å²) >= 11 is 0. The van der Waals surface area contributed by atoms with Crippen molar-refractivity contribution in [1.29, 1.82) is 0 Å². The Morgan fingerprint density at radius 3 is 2.00 bits per heavy atom. The molecule has 0 amide bonds. The molecule has 1 aromatic carbocycles. The first kappa shape index (κ1) is 15.2. The van der Waals surface area contributed by atoms with Crippen LogP contribution in [0.1, 0.15) is 5.56 Å². The summed E-state index contributed by atoms with van der Waals surface area (Å²) in [7, 11) is -4.00. The SMILES string of the molecule is C=COC=C.O=S(=O)(O)C=Cc1ccccc1. The molecule has 0 saturated heterocycles. The summed E-state index contributed by atoms with van der Waals surface area (Å²) in [5.74, 6) is 0. The molecule has 0 aliphatic heterocycles. The van der Waals surface area contributed by atoms with Gasteiger partial charge in [-0.1, -0.05) is 43.5 Å². The molecule has 0 fully saturated rings. The van der Waals surface area contributed by atoms with Crippen LogP contribution in [0.5, 0.6) is 0 Å². The lowest BCUT2D eigenvalue weighted by atomic mass is 10.2. The van der Waals surface area contributed by atoms with Gasteiger partial charge in [-0.15, -0.1) is 0 Å². The second kappa shape index (κ2) is 8.32. The minimum absolute atomic E-state index is 0.732. The maximum absolute atomic E-state index is 10.3. The van der Waals surface area contributed by atoms with Gasteiger partial charge in [-0.3, -0.25) is 4.55 Å². The highest BCUT2D eigenvalue weighted by Gasteiger charge is 1.94. The molecule has 0 unspecified atom stereocenters. The van der Waals surface area contributed by atoms with Crippen molar-refractivity contribution in [2.75, 3.05) is 0 Å². The van der Waals surface area contributed by atoms with Crippen molar-refractivity contribution < 1.29 is 17.7 Å². The summed E-state index contributed by atoms with van der Waals surface area (Å²) in [6.45, 7) is 6.51. The molecule has 0 saturated carbocycles. The second-order valence-electron chi connectivity index (χ2n) is 2.70. The van der Waals surface area contributed by atoms with Crippen molar-refractivity contribution in [2.45, 2.75) is 0 Å². The fraction of sp³-hybridized carbons (Fsp3) is 0. The van der Waals surface area contributed by atoms with E-state index in [2.05, 4.69) is 17.9 Å². The van der Waals surface area contributed by atoms with Gasteiger partial charge in [-0.05, 0) is 11.6 Å². The van der Waals surface area contributed by atoms with Gasteiger partial charge in [0.2, 0.25) is 0 Å². The molecule has 92 valence electrons. The van der Waals surface area contributed by atoms with Gasteiger partial charge in [-0.25, -0.2) is 0 Å². The third-order valence-corrected chi connectivity index (χ3v) is 1.90. The normalized spacial score (nSPS) is 10.2. The largest absolute Gasteiger partial charge is 0.474 e. The Bertz CT molecular complexity index is 455. The molecule has 0 bridgehead atoms. The highest BCUT2D eigenvalue weighted by Crippen LogP contribution is 2.01. The first-order valence-electron chi connectivity index (χ1n) is 4.57. The molecule has 1 rings (SSSR count). The summed E-state index contributed by atoms with van der Waals surface area (Å²) < 4.78 is 33.3. The summed E-state index contributed by atoms with van der Waals surface area (Å²) in [5, 5.41) is 0.752. The second-order valence-corrected chi connectivity index (χ2v) is 4.00. The van der Waals surface area contributed by atoms with Crippen molar-refractivity contribution in [3.8, 4) is 0 Å². The van der Waals surface area contributed by atoms with Gasteiger partial charge in [0.1, 0.15) is 0 Å². The molecular weight excluding hydrogens is 240 g/mol. The molecule has 17 heavy (non-hydrogen) atoms. The Kier molecular flexibility index (Phi) is 7.41. The fourth-order valence-corrected chi connectivity index (χ4v) is 1.13. The van der Waals surface area contributed by atoms with E-state index in [1.807, 2.05) is 6.07 Å². The summed E-state index contributed by atoms with van der Waals surface area (Å²) in [6.07, 6.45) is 3.95. The van der Waals surface area contributed by atoms with Crippen LogP contribution in [-0.4, -0.2) is 13.0 Å². The topological polar surface area (TPSA) is 63.6 Å². The molecule has 0 aromatic heterocycles. The maximum atomic E-state index is 10.3. The van der Waals surface area contributed by atoms with Crippen molar-refractivity contribution in [3.63, 3.8) is 0 Å². The van der Waals surface area contributed by atoms with Crippen LogP contribution in [0.4, 0.5) is 0 Å². The van der Waals surface area contributed by atoms with Crippen molar-refractivity contribution >= 4 is 16.2 Å². The lowest BCUT2D eigenvalue weighted by Gasteiger charge is -1.89. The van der Waals surface area contributed by atoms with Gasteiger partial charge in [-0.2, -0.15) is 8.42 Å². The van der Waals surface area contributed by atoms with Crippen LogP contribution in [0.25, 0.3) is 6.08 Å². The van der Waals surface area contributed by atoms with Crippen LogP contribution in [0.2, 0.25) is 0 Å². The lowest BCUT2D eigenvalue weighted by molar-refractivity contribution is 0.406. The molecule has 0 aliphatic rings. The van der Waals surface area contributed by atoms with E-state index in [9.17, 15) is 8.42 Å². The smallest absolute Gasteiger partial charge is 0.287 e. The third kappa shape index (κ3) is 10.4. The van der Waals surface area contributed by atoms with Crippen LogP contribution in [-0.2, 0) is 14.9 Å². The van der Waals surface area contributed by atoms with E-state index in [0.717, 1.165) is 11.0 Å². The van der Waals surface area contributed by atoms with Crippen molar-refractivity contribution in [3.05, 3.63) is 67.0 Å². The van der Waals surface area contributed by atoms with Crippen molar-refractivity contribution in [1.82, 2.24) is 0 Å². The molecule has 5 heteroatoms. The molecule has 0 radical (unpaired) electrons. The first-order valence-corrected chi connectivity index (χ1v) is 6.08. The van der Waals surface area contributed by atoms with Crippen LogP contribution < -0.4 is 0 Å². The van der Waals surface area contributed by atoms with E-state index in [4.69, 9.17) is 4.55 Å². The fourth-order valence-electron chi connectivity index (χ4n) is 0.797. The Balaban J connectivity index is 0.000000437. The summed E-state index contributed by atoms with van der Waals surface area (Å²) in [4.78, 5) is 0. The van der Waals surface area contributed by atoms with E-state index < -0.39 is 10.1 Å². The molecule has 1 N–H and O–H groups in total. The van der Waals surface area contributed by atoms with Crippen LogP contribution in [0.15, 0.2) is 61.4 Å². The average molecular weight is 254 g/mol. The minimum atomic E-state index is -4.00. The Labute approximate surface area is 101 Å². The number of hydrogen-bond acceptors (Lipinski definition) is 3. The Morgan fingerprint density at radius 2 is 1.65 bits per heavy atom. The van der Waals surface area contributed by atoms with E-state index in [1.165, 1.54) is 18.6 Å². The monoisotopic (exact) mass is 254 g/mol. The summed E-state index contributed by atoms with van der Waals surface area (Å²) in [6, 6.07) is 8.86. The van der Waals surface area contributed by atoms with E-state index in [1.54, 1.807) is 24.3 Å². The van der Waals surface area contributed by atoms with E-state index >= 15 is 0 Å². The van der Waals surface area contributed by atoms with Gasteiger partial charge in [0.25, 0.3) is 10.1 Å². The van der Waals surface area contributed by atoms with Gasteiger partial charge >= 0.3 is 0 Å². The van der Waals surface area contributed by atoms with Crippen molar-refractivity contribution in [2.24, 2.45) is 0 Å². The number of hydrogen-bond donors (Lipinski definition) is 1. The van der Waals surface area contributed by atoms with Gasteiger partial charge in [0, 0.05) is 0 Å². The number of rotatable bonds is 4. The third-order valence-electron chi connectivity index (χ3n) is 1.42. The number of benzene rings is 1. The van der Waals surface area contributed by atoms with Crippen LogP contribution in [0.3, 0.4) is 0 Å². The Morgan fingerprint density at radius 1 is 1.12 bits per heavy atom. The maximum Gasteiger partial charge on any atom is 0.287 e. The van der Waals surface area contributed by atoms with Gasteiger partial charge < -0.3 is 4.74 Å². The molecule has 0 spiro atoms. The van der Waals surface area contributed by atoms with E-state index in [0.29, 0.717) is 0 Å². The quantitative estimate of drug-likeness (QED) is 0.663. The molecule has 0 heterocycles. The zero-order valence-electron chi connectivity index (χ0n) is 9.19. The Hall–Kier alpha value is -1.85.